The Balaban J connectivity index is 2.94. The third kappa shape index (κ3) is 1.57. The van der Waals surface area contributed by atoms with E-state index in [4.69, 9.17) is 11.6 Å². The van der Waals surface area contributed by atoms with E-state index in [-0.39, 0.29) is 16.3 Å². The fraction of sp³-hybridized carbons (Fsp3) is 0. The predicted octanol–water partition coefficient (Wildman–Crippen LogP) is 2.09. The van der Waals surface area contributed by atoms with Crippen LogP contribution < -0.4 is 5.56 Å². The molecule has 1 N–H and O–H groups in total. The average Bonchev–Trinajstić information content (AvgIpc) is 2.17. The van der Waals surface area contributed by atoms with Crippen LogP contribution in [0.5, 0.6) is 0 Å². The SMILES string of the molecule is O=c1ccc2c([N+](=O)[O-])c(Cl)ccc2[nH]1. The van der Waals surface area contributed by atoms with Crippen molar-refractivity contribution < 1.29 is 4.92 Å². The lowest BCUT2D eigenvalue weighted by Crippen LogP contribution is -2.03. The van der Waals surface area contributed by atoms with Crippen LogP contribution >= 0.6 is 11.6 Å². The molecule has 0 atom stereocenters. The van der Waals surface area contributed by atoms with Crippen molar-refractivity contribution in [2.45, 2.75) is 0 Å². The molecule has 15 heavy (non-hydrogen) atoms. The van der Waals surface area contributed by atoms with Gasteiger partial charge in [0.05, 0.1) is 15.8 Å². The molecule has 1 aromatic carbocycles. The predicted molar refractivity (Wildman–Crippen MR) is 56.2 cm³/mol. The number of benzene rings is 1. The first-order valence-electron chi connectivity index (χ1n) is 4.05. The molecule has 0 unspecified atom stereocenters. The summed E-state index contributed by atoms with van der Waals surface area (Å²) >= 11 is 5.70. The second kappa shape index (κ2) is 3.36. The molecule has 2 rings (SSSR count). The maximum atomic E-state index is 11.0. The van der Waals surface area contributed by atoms with Gasteiger partial charge in [-0.2, -0.15) is 0 Å². The summed E-state index contributed by atoms with van der Waals surface area (Å²) in [6, 6.07) is 5.54. The van der Waals surface area contributed by atoms with Crippen LogP contribution in [-0.2, 0) is 0 Å². The van der Waals surface area contributed by atoms with Crippen molar-refractivity contribution >= 4 is 28.2 Å². The number of H-pyrrole nitrogens is 1. The third-order valence-electron chi connectivity index (χ3n) is 2.01. The molecule has 1 heterocycles. The molecule has 2 aromatic rings. The number of halogens is 1. The summed E-state index contributed by atoms with van der Waals surface area (Å²) in [7, 11) is 0. The molecule has 0 saturated heterocycles. The summed E-state index contributed by atoms with van der Waals surface area (Å²) in [4.78, 5) is 23.7. The van der Waals surface area contributed by atoms with Crippen LogP contribution in [0.15, 0.2) is 29.1 Å². The summed E-state index contributed by atoms with van der Waals surface area (Å²) in [5, 5.41) is 11.1. The first kappa shape index (κ1) is 9.67. The number of aromatic nitrogens is 1. The van der Waals surface area contributed by atoms with Crippen molar-refractivity contribution in [3.8, 4) is 0 Å². The number of nitro benzene ring substituents is 1. The summed E-state index contributed by atoms with van der Waals surface area (Å²) in [6.45, 7) is 0. The zero-order valence-electron chi connectivity index (χ0n) is 7.36. The Bertz CT molecular complexity index is 606. The van der Waals surface area contributed by atoms with Gasteiger partial charge in [0.25, 0.3) is 5.69 Å². The average molecular weight is 225 g/mol. The quantitative estimate of drug-likeness (QED) is 0.595. The number of rotatable bonds is 1. The monoisotopic (exact) mass is 224 g/mol. The van der Waals surface area contributed by atoms with Gasteiger partial charge < -0.3 is 4.98 Å². The van der Waals surface area contributed by atoms with E-state index in [2.05, 4.69) is 4.98 Å². The Morgan fingerprint density at radius 3 is 2.67 bits per heavy atom. The Labute approximate surface area is 88.5 Å². The van der Waals surface area contributed by atoms with E-state index >= 15 is 0 Å². The lowest BCUT2D eigenvalue weighted by atomic mass is 10.2. The van der Waals surface area contributed by atoms with Crippen LogP contribution in [0, 0.1) is 10.1 Å². The molecule has 1 aromatic heterocycles. The Kier molecular flexibility index (Phi) is 2.17. The first-order valence-corrected chi connectivity index (χ1v) is 4.43. The van der Waals surface area contributed by atoms with Gasteiger partial charge in [-0.05, 0) is 18.2 Å². The number of hydrogen-bond donors (Lipinski definition) is 1. The molecule has 0 aliphatic heterocycles. The van der Waals surface area contributed by atoms with Crippen LogP contribution in [0.2, 0.25) is 5.02 Å². The van der Waals surface area contributed by atoms with Gasteiger partial charge in [0.15, 0.2) is 0 Å². The Morgan fingerprint density at radius 1 is 1.27 bits per heavy atom. The molecule has 0 spiro atoms. The highest BCUT2D eigenvalue weighted by Gasteiger charge is 2.16. The maximum Gasteiger partial charge on any atom is 0.297 e. The number of pyridine rings is 1. The number of nitro groups is 1. The van der Waals surface area contributed by atoms with Crippen molar-refractivity contribution in [2.24, 2.45) is 0 Å². The Hall–Kier alpha value is -1.88. The van der Waals surface area contributed by atoms with Gasteiger partial charge in [0, 0.05) is 6.07 Å². The van der Waals surface area contributed by atoms with Crippen LogP contribution in [0.4, 0.5) is 5.69 Å². The minimum Gasteiger partial charge on any atom is -0.322 e. The minimum atomic E-state index is -0.566. The second-order valence-corrected chi connectivity index (χ2v) is 3.34. The summed E-state index contributed by atoms with van der Waals surface area (Å²) in [5.74, 6) is 0. The number of nitrogens with one attached hydrogen (secondary N) is 1. The fourth-order valence-electron chi connectivity index (χ4n) is 1.38. The molecule has 0 saturated carbocycles. The van der Waals surface area contributed by atoms with Gasteiger partial charge in [-0.1, -0.05) is 11.6 Å². The van der Waals surface area contributed by atoms with E-state index in [1.54, 1.807) is 0 Å². The van der Waals surface area contributed by atoms with E-state index in [1.165, 1.54) is 24.3 Å². The highest BCUT2D eigenvalue weighted by atomic mass is 35.5. The fourth-order valence-corrected chi connectivity index (χ4v) is 1.61. The maximum absolute atomic E-state index is 11.0. The summed E-state index contributed by atoms with van der Waals surface area (Å²) in [6.07, 6.45) is 0. The van der Waals surface area contributed by atoms with E-state index in [1.807, 2.05) is 0 Å². The third-order valence-corrected chi connectivity index (χ3v) is 2.31. The summed E-state index contributed by atoms with van der Waals surface area (Å²) < 4.78 is 0. The minimum absolute atomic E-state index is 0.0551. The van der Waals surface area contributed by atoms with E-state index in [0.717, 1.165) is 0 Å². The van der Waals surface area contributed by atoms with Crippen LogP contribution in [-0.4, -0.2) is 9.91 Å². The second-order valence-electron chi connectivity index (χ2n) is 2.94. The van der Waals surface area contributed by atoms with Gasteiger partial charge in [0.2, 0.25) is 5.56 Å². The Morgan fingerprint density at radius 2 is 2.00 bits per heavy atom. The largest absolute Gasteiger partial charge is 0.322 e. The molecule has 5 nitrogen and oxygen atoms in total. The smallest absolute Gasteiger partial charge is 0.297 e. The highest BCUT2D eigenvalue weighted by Crippen LogP contribution is 2.31. The van der Waals surface area contributed by atoms with Crippen molar-refractivity contribution in [3.63, 3.8) is 0 Å². The van der Waals surface area contributed by atoms with Gasteiger partial charge in [-0.3, -0.25) is 14.9 Å². The molecule has 0 radical (unpaired) electrons. The summed E-state index contributed by atoms with van der Waals surface area (Å²) in [5.41, 5.74) is -0.0943. The molecule has 0 aliphatic carbocycles. The van der Waals surface area contributed by atoms with Crippen molar-refractivity contribution in [3.05, 3.63) is 49.8 Å². The van der Waals surface area contributed by atoms with Crippen molar-refractivity contribution in [1.29, 1.82) is 0 Å². The van der Waals surface area contributed by atoms with Gasteiger partial charge in [-0.15, -0.1) is 0 Å². The normalized spacial score (nSPS) is 10.5. The highest BCUT2D eigenvalue weighted by molar-refractivity contribution is 6.34. The number of fused-ring (bicyclic) bond motifs is 1. The zero-order chi connectivity index (χ0) is 11.0. The molecular weight excluding hydrogens is 220 g/mol. The van der Waals surface area contributed by atoms with Crippen LogP contribution in [0.1, 0.15) is 0 Å². The van der Waals surface area contributed by atoms with E-state index < -0.39 is 4.92 Å². The molecular formula is C9H5ClN2O3. The van der Waals surface area contributed by atoms with Crippen molar-refractivity contribution in [2.75, 3.05) is 0 Å². The zero-order valence-corrected chi connectivity index (χ0v) is 8.12. The first-order chi connectivity index (χ1) is 7.09. The van der Waals surface area contributed by atoms with Crippen molar-refractivity contribution in [1.82, 2.24) is 4.98 Å². The topological polar surface area (TPSA) is 76.0 Å². The molecule has 0 aliphatic rings. The number of hydrogen-bond acceptors (Lipinski definition) is 3. The van der Waals surface area contributed by atoms with Crippen LogP contribution in [0.25, 0.3) is 10.9 Å². The lowest BCUT2D eigenvalue weighted by Gasteiger charge is -2.00. The lowest BCUT2D eigenvalue weighted by molar-refractivity contribution is -0.382. The standard InChI is InChI=1S/C9H5ClN2O3/c10-6-2-3-7-5(9(6)12(14)15)1-4-8(13)11-7/h1-4H,(H,11,13). The molecule has 6 heteroatoms. The molecule has 0 bridgehead atoms. The van der Waals surface area contributed by atoms with Gasteiger partial charge in [0.1, 0.15) is 5.02 Å². The van der Waals surface area contributed by atoms with Gasteiger partial charge >= 0.3 is 0 Å². The molecule has 0 fully saturated rings. The molecule has 0 amide bonds. The molecule has 76 valence electrons. The van der Waals surface area contributed by atoms with E-state index in [9.17, 15) is 14.9 Å². The van der Waals surface area contributed by atoms with Gasteiger partial charge in [-0.25, -0.2) is 0 Å². The van der Waals surface area contributed by atoms with Crippen LogP contribution in [0.3, 0.4) is 0 Å². The number of aromatic amines is 1. The number of nitrogens with zero attached hydrogens (tertiary/aromatic N) is 1. The van der Waals surface area contributed by atoms with E-state index in [0.29, 0.717) is 10.9 Å².